The molecule has 0 unspecified atom stereocenters. The van der Waals surface area contributed by atoms with Crippen LogP contribution in [0.1, 0.15) is 22.7 Å². The average molecular weight is 348 g/mol. The molecule has 0 saturated carbocycles. The van der Waals surface area contributed by atoms with Crippen molar-refractivity contribution in [3.8, 4) is 0 Å². The van der Waals surface area contributed by atoms with E-state index in [1.54, 1.807) is 25.1 Å². The molecular formula is C15H13FN4O3S. The number of H-pyrrole nitrogens is 2. The van der Waals surface area contributed by atoms with E-state index in [0.29, 0.717) is 22.6 Å². The van der Waals surface area contributed by atoms with Crippen LogP contribution in [0.5, 0.6) is 0 Å². The number of nitrogens with one attached hydrogen (secondary N) is 2. The molecule has 0 bridgehead atoms. The lowest BCUT2D eigenvalue weighted by Gasteiger charge is -2.00. The molecule has 7 nitrogen and oxygen atoms in total. The number of aromatic amines is 2. The maximum absolute atomic E-state index is 13.6. The average Bonchev–Trinajstić information content (AvgIpc) is 2.98. The van der Waals surface area contributed by atoms with Crippen molar-refractivity contribution in [1.82, 2.24) is 20.2 Å². The molecule has 0 amide bonds. The zero-order chi connectivity index (χ0) is 17.1. The second-order valence-corrected chi connectivity index (χ2v) is 5.96. The highest BCUT2D eigenvalue weighted by Crippen LogP contribution is 2.23. The van der Waals surface area contributed by atoms with E-state index < -0.39 is 11.2 Å². The van der Waals surface area contributed by atoms with Gasteiger partial charge >= 0.3 is 5.69 Å². The molecule has 0 aliphatic heterocycles. The lowest BCUT2D eigenvalue weighted by atomic mass is 10.2. The van der Waals surface area contributed by atoms with Gasteiger partial charge in [0.05, 0.1) is 6.42 Å². The Morgan fingerprint density at radius 3 is 2.75 bits per heavy atom. The van der Waals surface area contributed by atoms with Gasteiger partial charge in [-0.25, -0.2) is 9.18 Å². The van der Waals surface area contributed by atoms with Gasteiger partial charge in [-0.05, 0) is 18.6 Å². The van der Waals surface area contributed by atoms with Crippen molar-refractivity contribution in [1.29, 1.82) is 0 Å². The van der Waals surface area contributed by atoms with E-state index in [2.05, 4.69) is 20.2 Å². The van der Waals surface area contributed by atoms with Crippen LogP contribution in [-0.4, -0.2) is 20.2 Å². The minimum atomic E-state index is -0.562. The number of rotatable bonds is 5. The van der Waals surface area contributed by atoms with Crippen LogP contribution in [0.25, 0.3) is 0 Å². The number of aromatic nitrogens is 4. The molecular weight excluding hydrogens is 335 g/mol. The first kappa shape index (κ1) is 16.2. The number of halogens is 1. The Morgan fingerprint density at radius 2 is 2.00 bits per heavy atom. The molecule has 3 aromatic rings. The number of hydrogen-bond acceptors (Lipinski definition) is 6. The third-order valence-corrected chi connectivity index (χ3v) is 4.21. The minimum Gasteiger partial charge on any atom is -0.416 e. The van der Waals surface area contributed by atoms with Gasteiger partial charge in [-0.2, -0.15) is 0 Å². The van der Waals surface area contributed by atoms with Crippen LogP contribution < -0.4 is 11.2 Å². The van der Waals surface area contributed by atoms with E-state index >= 15 is 0 Å². The molecule has 2 heterocycles. The second kappa shape index (κ2) is 6.83. The highest BCUT2D eigenvalue weighted by atomic mass is 32.2. The highest BCUT2D eigenvalue weighted by molar-refractivity contribution is 7.98. The van der Waals surface area contributed by atoms with Crippen LogP contribution >= 0.6 is 11.8 Å². The minimum absolute atomic E-state index is 0.102. The summed E-state index contributed by atoms with van der Waals surface area (Å²) in [5, 5.41) is 8.03. The van der Waals surface area contributed by atoms with E-state index in [0.717, 1.165) is 0 Å². The van der Waals surface area contributed by atoms with Gasteiger partial charge in [0.15, 0.2) is 0 Å². The van der Waals surface area contributed by atoms with Crippen molar-refractivity contribution in [2.75, 3.05) is 0 Å². The van der Waals surface area contributed by atoms with Gasteiger partial charge in [0, 0.05) is 17.0 Å². The van der Waals surface area contributed by atoms with Crippen molar-refractivity contribution in [3.05, 3.63) is 73.6 Å². The van der Waals surface area contributed by atoms with Gasteiger partial charge in [0.25, 0.3) is 10.8 Å². The molecule has 0 spiro atoms. The molecule has 0 aliphatic carbocycles. The molecule has 3 rings (SSSR count). The molecule has 0 atom stereocenters. The predicted molar refractivity (Wildman–Crippen MR) is 85.5 cm³/mol. The van der Waals surface area contributed by atoms with Crippen LogP contribution in [-0.2, 0) is 12.2 Å². The lowest BCUT2D eigenvalue weighted by Crippen LogP contribution is -2.27. The van der Waals surface area contributed by atoms with Gasteiger partial charge in [0.2, 0.25) is 5.89 Å². The van der Waals surface area contributed by atoms with Crippen molar-refractivity contribution in [2.45, 2.75) is 24.3 Å². The van der Waals surface area contributed by atoms with Crippen LogP contribution in [0.15, 0.2) is 43.5 Å². The van der Waals surface area contributed by atoms with Gasteiger partial charge in [-0.15, -0.1) is 10.2 Å². The van der Waals surface area contributed by atoms with Crippen LogP contribution in [0.4, 0.5) is 4.39 Å². The first-order chi connectivity index (χ1) is 11.5. The molecule has 124 valence electrons. The largest absolute Gasteiger partial charge is 0.416 e. The second-order valence-electron chi connectivity index (χ2n) is 5.03. The lowest BCUT2D eigenvalue weighted by molar-refractivity contribution is 0.419. The Balaban J connectivity index is 1.71. The third-order valence-electron chi connectivity index (χ3n) is 3.34. The number of hydrogen-bond donors (Lipinski definition) is 2. The van der Waals surface area contributed by atoms with Crippen LogP contribution in [0.3, 0.4) is 0 Å². The summed E-state index contributed by atoms with van der Waals surface area (Å²) in [6.07, 6.45) is 0.102. The maximum Gasteiger partial charge on any atom is 0.325 e. The quantitative estimate of drug-likeness (QED) is 0.681. The van der Waals surface area contributed by atoms with Crippen LogP contribution in [0, 0.1) is 12.7 Å². The van der Waals surface area contributed by atoms with E-state index in [9.17, 15) is 14.0 Å². The molecule has 2 aromatic heterocycles. The number of nitrogens with zero attached hydrogens (tertiary/aromatic N) is 2. The van der Waals surface area contributed by atoms with Gasteiger partial charge in [-0.1, -0.05) is 30.0 Å². The Hall–Kier alpha value is -2.68. The van der Waals surface area contributed by atoms with E-state index in [4.69, 9.17) is 4.42 Å². The van der Waals surface area contributed by atoms with E-state index in [1.165, 1.54) is 17.8 Å². The molecule has 0 radical (unpaired) electrons. The molecule has 0 fully saturated rings. The summed E-state index contributed by atoms with van der Waals surface area (Å²) < 4.78 is 19.0. The van der Waals surface area contributed by atoms with E-state index in [-0.39, 0.29) is 23.4 Å². The standard InChI is InChI=1S/C15H13FN4O3S/c1-8-10(13(21)18-14(22)17-8)6-12-19-20-15(23-12)24-7-9-4-2-3-5-11(9)16/h2-5H,6-7H2,1H3,(H2,17,18,21,22). The van der Waals surface area contributed by atoms with Gasteiger partial charge < -0.3 is 9.40 Å². The summed E-state index contributed by atoms with van der Waals surface area (Å²) in [6.45, 7) is 1.62. The van der Waals surface area contributed by atoms with Crippen molar-refractivity contribution < 1.29 is 8.81 Å². The molecule has 24 heavy (non-hydrogen) atoms. The monoisotopic (exact) mass is 348 g/mol. The van der Waals surface area contributed by atoms with Crippen LogP contribution in [0.2, 0.25) is 0 Å². The first-order valence-corrected chi connectivity index (χ1v) is 8.02. The smallest absolute Gasteiger partial charge is 0.325 e. The number of thioether (sulfide) groups is 1. The molecule has 0 aliphatic rings. The van der Waals surface area contributed by atoms with Gasteiger partial charge in [-0.3, -0.25) is 9.78 Å². The molecule has 9 heteroatoms. The maximum atomic E-state index is 13.6. The fourth-order valence-corrected chi connectivity index (χ4v) is 2.88. The summed E-state index contributed by atoms with van der Waals surface area (Å²) in [5.74, 6) is 0.305. The summed E-state index contributed by atoms with van der Waals surface area (Å²) >= 11 is 1.21. The van der Waals surface area contributed by atoms with Crippen molar-refractivity contribution in [3.63, 3.8) is 0 Å². The first-order valence-electron chi connectivity index (χ1n) is 7.03. The topological polar surface area (TPSA) is 105 Å². The summed E-state index contributed by atoms with van der Waals surface area (Å²) in [5.41, 5.74) is 0.282. The fraction of sp³-hybridized carbons (Fsp3) is 0.200. The van der Waals surface area contributed by atoms with Gasteiger partial charge in [0.1, 0.15) is 5.82 Å². The zero-order valence-corrected chi connectivity index (χ0v) is 13.4. The van der Waals surface area contributed by atoms with Crippen molar-refractivity contribution >= 4 is 11.8 Å². The summed E-state index contributed by atoms with van der Waals surface area (Å²) in [6, 6.07) is 6.45. The summed E-state index contributed by atoms with van der Waals surface area (Å²) in [4.78, 5) is 27.6. The predicted octanol–water partition coefficient (Wildman–Crippen LogP) is 1.78. The Labute approximate surface area is 139 Å². The number of benzene rings is 1. The zero-order valence-electron chi connectivity index (χ0n) is 12.6. The molecule has 1 aromatic carbocycles. The molecule has 2 N–H and O–H groups in total. The normalized spacial score (nSPS) is 10.9. The summed E-state index contributed by atoms with van der Waals surface area (Å²) in [7, 11) is 0. The molecule has 0 saturated heterocycles. The highest BCUT2D eigenvalue weighted by Gasteiger charge is 2.13. The Morgan fingerprint density at radius 1 is 1.21 bits per heavy atom. The fourth-order valence-electron chi connectivity index (χ4n) is 2.11. The number of aryl methyl sites for hydroxylation is 1. The van der Waals surface area contributed by atoms with Crippen molar-refractivity contribution in [2.24, 2.45) is 0 Å². The Kier molecular flexibility index (Phi) is 4.61. The third kappa shape index (κ3) is 3.62. The SMILES string of the molecule is Cc1[nH]c(=O)[nH]c(=O)c1Cc1nnc(SCc2ccccc2F)o1. The Bertz CT molecular complexity index is 979. The van der Waals surface area contributed by atoms with E-state index in [1.807, 2.05) is 0 Å².